The van der Waals surface area contributed by atoms with E-state index in [0.29, 0.717) is 25.3 Å². The molecule has 12 nitrogen and oxygen atoms in total. The average molecular weight is 445 g/mol. The van der Waals surface area contributed by atoms with Crippen LogP contribution >= 0.6 is 11.6 Å². The number of primary sulfonamides is 2. The Morgan fingerprint density at radius 3 is 2.22 bits per heavy atom. The molecule has 0 spiro atoms. The van der Waals surface area contributed by atoms with Gasteiger partial charge in [-0.2, -0.15) is 0 Å². The minimum Gasteiger partial charge on any atom is -0.325 e. The van der Waals surface area contributed by atoms with Crippen LogP contribution in [-0.2, 0) is 29.7 Å². The second-order valence-corrected chi connectivity index (χ2v) is 8.75. The summed E-state index contributed by atoms with van der Waals surface area (Å²) in [5.74, 6) is -0.588. The summed E-state index contributed by atoms with van der Waals surface area (Å²) >= 11 is 5.79. The number of anilines is 1. The molecule has 0 aromatic heterocycles. The molecule has 1 aromatic rings. The number of sulfonamides is 2. The Bertz CT molecular complexity index is 933. The summed E-state index contributed by atoms with van der Waals surface area (Å²) in [6.45, 7) is -0.102. The van der Waals surface area contributed by atoms with Crippen LogP contribution in [0.5, 0.6) is 0 Å². The summed E-state index contributed by atoms with van der Waals surface area (Å²) in [4.78, 5) is 24.7. The summed E-state index contributed by atoms with van der Waals surface area (Å²) in [7, 11) is -8.71. The molecule has 0 aliphatic carbocycles. The number of amides is 1. The van der Waals surface area contributed by atoms with Crippen LogP contribution in [0.25, 0.3) is 0 Å². The van der Waals surface area contributed by atoms with E-state index in [2.05, 4.69) is 10.2 Å². The Kier molecular flexibility index (Phi) is 7.91. The van der Waals surface area contributed by atoms with Gasteiger partial charge in [0.1, 0.15) is 9.79 Å². The number of benzene rings is 1. The second-order valence-electron chi connectivity index (χ2n) is 5.28. The number of nitrogens with one attached hydrogen (secondary N) is 1. The first kappa shape index (κ1) is 23.0. The van der Waals surface area contributed by atoms with E-state index in [0.717, 1.165) is 6.07 Å². The smallest absolute Gasteiger partial charge is 0.294 e. The number of halogens is 1. The van der Waals surface area contributed by atoms with Crippen molar-refractivity contribution in [3.05, 3.63) is 27.3 Å². The highest BCUT2D eigenvalue weighted by Crippen LogP contribution is 2.30. The van der Waals surface area contributed by atoms with Crippen LogP contribution < -0.4 is 15.6 Å². The SMILES string of the molecule is NS(=O)(=O)c1cc(S(N)(=O)=O)c(NC(=O)CCCCCO[N+](=O)[O-])cc1Cl. The van der Waals surface area contributed by atoms with Gasteiger partial charge in [0.15, 0.2) is 0 Å². The maximum Gasteiger partial charge on any atom is 0.294 e. The summed E-state index contributed by atoms with van der Waals surface area (Å²) in [5, 5.41) is 21.0. The predicted molar refractivity (Wildman–Crippen MR) is 94.2 cm³/mol. The molecular weight excluding hydrogens is 428 g/mol. The van der Waals surface area contributed by atoms with E-state index in [1.54, 1.807) is 0 Å². The highest BCUT2D eigenvalue weighted by atomic mass is 35.5. The third kappa shape index (κ3) is 7.64. The van der Waals surface area contributed by atoms with Gasteiger partial charge < -0.3 is 10.2 Å². The quantitative estimate of drug-likeness (QED) is 0.260. The van der Waals surface area contributed by atoms with Gasteiger partial charge in [-0.1, -0.05) is 18.0 Å². The van der Waals surface area contributed by atoms with Crippen LogP contribution in [0.1, 0.15) is 25.7 Å². The molecule has 0 aliphatic rings. The Labute approximate surface area is 160 Å². The van der Waals surface area contributed by atoms with Crippen molar-refractivity contribution >= 4 is 43.2 Å². The van der Waals surface area contributed by atoms with Crippen molar-refractivity contribution in [1.82, 2.24) is 0 Å². The number of rotatable bonds is 10. The Morgan fingerprint density at radius 2 is 1.70 bits per heavy atom. The van der Waals surface area contributed by atoms with Crippen molar-refractivity contribution in [1.29, 1.82) is 0 Å². The normalized spacial score (nSPS) is 11.8. The summed E-state index contributed by atoms with van der Waals surface area (Å²) in [6.07, 6.45) is 1.12. The van der Waals surface area contributed by atoms with Gasteiger partial charge in [-0.05, 0) is 25.0 Å². The first-order chi connectivity index (χ1) is 12.3. The summed E-state index contributed by atoms with van der Waals surface area (Å²) < 4.78 is 46.3. The molecule has 0 heterocycles. The van der Waals surface area contributed by atoms with Crippen LogP contribution in [0.4, 0.5) is 5.69 Å². The molecule has 27 heavy (non-hydrogen) atoms. The predicted octanol–water partition coefficient (Wildman–Crippen LogP) is 0.342. The number of carbonyl (C=O) groups is 1. The van der Waals surface area contributed by atoms with Gasteiger partial charge in [-0.15, -0.1) is 10.1 Å². The number of nitrogens with two attached hydrogens (primary N) is 2. The van der Waals surface area contributed by atoms with Gasteiger partial charge in [0.05, 0.1) is 17.3 Å². The molecule has 15 heteroatoms. The van der Waals surface area contributed by atoms with Crippen molar-refractivity contribution in [2.24, 2.45) is 10.3 Å². The Balaban J connectivity index is 2.86. The number of unbranched alkanes of at least 4 members (excludes halogenated alkanes) is 2. The summed E-state index contributed by atoms with van der Waals surface area (Å²) in [6, 6.07) is 1.58. The molecule has 0 unspecified atom stereocenters. The van der Waals surface area contributed by atoms with Crippen molar-refractivity contribution in [2.45, 2.75) is 35.5 Å². The molecule has 5 N–H and O–H groups in total. The zero-order valence-corrected chi connectivity index (χ0v) is 16.1. The zero-order chi connectivity index (χ0) is 20.8. The molecule has 1 aromatic carbocycles. The van der Waals surface area contributed by atoms with Crippen LogP contribution in [-0.4, -0.2) is 34.4 Å². The van der Waals surface area contributed by atoms with E-state index >= 15 is 0 Å². The maximum absolute atomic E-state index is 12.0. The lowest BCUT2D eigenvalue weighted by Crippen LogP contribution is -2.20. The van der Waals surface area contributed by atoms with Crippen molar-refractivity contribution in [2.75, 3.05) is 11.9 Å². The number of carbonyl (C=O) groups excluding carboxylic acids is 1. The third-order valence-electron chi connectivity index (χ3n) is 3.17. The van der Waals surface area contributed by atoms with E-state index < -0.39 is 45.9 Å². The van der Waals surface area contributed by atoms with Crippen LogP contribution in [0.2, 0.25) is 5.02 Å². The van der Waals surface area contributed by atoms with Gasteiger partial charge >= 0.3 is 0 Å². The van der Waals surface area contributed by atoms with Crippen molar-refractivity contribution in [3.8, 4) is 0 Å². The van der Waals surface area contributed by atoms with Crippen LogP contribution in [0.3, 0.4) is 0 Å². The fourth-order valence-electron chi connectivity index (χ4n) is 2.00. The standard InChI is InChI=1S/C12H17ClN4O8S2/c13-8-6-9(11(27(15,23)24)7-10(8)26(14,21)22)16-12(18)4-2-1-3-5-25-17(19)20/h6-7H,1-5H2,(H,16,18)(H2,14,21,22)(H2,15,23,24). The monoisotopic (exact) mass is 444 g/mol. The van der Waals surface area contributed by atoms with E-state index in [1.807, 2.05) is 0 Å². The fraction of sp³-hybridized carbons (Fsp3) is 0.417. The van der Waals surface area contributed by atoms with E-state index in [9.17, 15) is 31.7 Å². The van der Waals surface area contributed by atoms with Gasteiger partial charge in [-0.3, -0.25) is 4.79 Å². The average Bonchev–Trinajstić information content (AvgIpc) is 2.47. The minimum atomic E-state index is -4.39. The molecule has 0 saturated carbocycles. The lowest BCUT2D eigenvalue weighted by Gasteiger charge is -2.12. The molecule has 152 valence electrons. The molecule has 0 saturated heterocycles. The Hall–Kier alpha value is -2.00. The molecule has 1 rings (SSSR count). The van der Waals surface area contributed by atoms with Gasteiger partial charge in [0.25, 0.3) is 5.09 Å². The van der Waals surface area contributed by atoms with Gasteiger partial charge in [-0.25, -0.2) is 27.1 Å². The first-order valence-electron chi connectivity index (χ1n) is 7.28. The molecule has 0 radical (unpaired) electrons. The topological polar surface area (TPSA) is 202 Å². The highest BCUT2D eigenvalue weighted by molar-refractivity contribution is 7.90. The fourth-order valence-corrected chi connectivity index (χ4v) is 3.87. The van der Waals surface area contributed by atoms with Gasteiger partial charge in [0, 0.05) is 6.42 Å². The molecule has 1 amide bonds. The lowest BCUT2D eigenvalue weighted by atomic mass is 10.2. The number of nitrogens with zero attached hydrogens (tertiary/aromatic N) is 1. The van der Waals surface area contributed by atoms with E-state index in [-0.39, 0.29) is 18.7 Å². The molecular formula is C12H17ClN4O8S2. The first-order valence-corrected chi connectivity index (χ1v) is 10.8. The highest BCUT2D eigenvalue weighted by Gasteiger charge is 2.23. The maximum atomic E-state index is 12.0. The van der Waals surface area contributed by atoms with Crippen LogP contribution in [0.15, 0.2) is 21.9 Å². The van der Waals surface area contributed by atoms with Crippen molar-refractivity contribution < 1.29 is 31.6 Å². The summed E-state index contributed by atoms with van der Waals surface area (Å²) in [5.41, 5.74) is -0.295. The van der Waals surface area contributed by atoms with Gasteiger partial charge in [0.2, 0.25) is 26.0 Å². The van der Waals surface area contributed by atoms with E-state index in [4.69, 9.17) is 21.9 Å². The number of hydrogen-bond donors (Lipinski definition) is 3. The molecule has 0 aliphatic heterocycles. The molecule has 0 bridgehead atoms. The van der Waals surface area contributed by atoms with Crippen molar-refractivity contribution in [3.63, 3.8) is 0 Å². The van der Waals surface area contributed by atoms with E-state index in [1.165, 1.54) is 0 Å². The van der Waals surface area contributed by atoms with Crippen LogP contribution in [0, 0.1) is 10.1 Å². The third-order valence-corrected chi connectivity index (χ3v) is 5.49. The lowest BCUT2D eigenvalue weighted by molar-refractivity contribution is -0.757. The second kappa shape index (κ2) is 9.27. The zero-order valence-electron chi connectivity index (χ0n) is 13.8. The largest absolute Gasteiger partial charge is 0.325 e. The molecule has 0 atom stereocenters. The molecule has 0 fully saturated rings. The minimum absolute atomic E-state index is 0.0307. The number of hydrogen-bond acceptors (Lipinski definition) is 8. The Morgan fingerprint density at radius 1 is 1.11 bits per heavy atom.